The van der Waals surface area contributed by atoms with Crippen LogP contribution in [0.25, 0.3) is 22.4 Å². The van der Waals surface area contributed by atoms with Crippen molar-refractivity contribution in [3.63, 3.8) is 0 Å². The van der Waals surface area contributed by atoms with Gasteiger partial charge in [-0.1, -0.05) is 0 Å². The summed E-state index contributed by atoms with van der Waals surface area (Å²) in [7, 11) is 0. The molecule has 0 aromatic carbocycles. The van der Waals surface area contributed by atoms with Gasteiger partial charge < -0.3 is 0 Å². The molecule has 0 fully saturated rings. The Balaban J connectivity index is 2.06. The third kappa shape index (κ3) is 1.87. The van der Waals surface area contributed by atoms with Crippen molar-refractivity contribution in [2.45, 2.75) is 6.92 Å². The number of nitrogens with one attached hydrogen (secondary N) is 1. The number of hydrogen-bond donors (Lipinski definition) is 1. The minimum absolute atomic E-state index is 0.984. The Morgan fingerprint density at radius 3 is 2.76 bits per heavy atom. The lowest BCUT2D eigenvalue weighted by atomic mass is 10.1. The summed E-state index contributed by atoms with van der Waals surface area (Å²) in [6.45, 7) is 2.07. The first-order chi connectivity index (χ1) is 8.34. The van der Waals surface area contributed by atoms with Crippen LogP contribution in [0.15, 0.2) is 41.5 Å². The van der Waals surface area contributed by atoms with Gasteiger partial charge in [0.1, 0.15) is 0 Å². The molecular formula is C13H11N3S. The summed E-state index contributed by atoms with van der Waals surface area (Å²) >= 11 is 1.70. The lowest BCUT2D eigenvalue weighted by Crippen LogP contribution is -1.88. The molecule has 4 heteroatoms. The highest BCUT2D eigenvalue weighted by Gasteiger charge is 2.06. The van der Waals surface area contributed by atoms with Crippen molar-refractivity contribution in [3.8, 4) is 22.4 Å². The maximum absolute atomic E-state index is 4.52. The average Bonchev–Trinajstić information content (AvgIpc) is 3.02. The standard InChI is InChI=1S/C13H11N3S/c1-9-4-11(10-2-3-17-8-10)5-14-13(9)12-6-15-16-7-12/h2-8H,1H3,(H,15,16). The van der Waals surface area contributed by atoms with E-state index < -0.39 is 0 Å². The average molecular weight is 241 g/mol. The Morgan fingerprint density at radius 1 is 1.18 bits per heavy atom. The van der Waals surface area contributed by atoms with Gasteiger partial charge in [0.05, 0.1) is 11.9 Å². The van der Waals surface area contributed by atoms with E-state index in [1.54, 1.807) is 17.5 Å². The van der Waals surface area contributed by atoms with Gasteiger partial charge in [0.15, 0.2) is 0 Å². The fourth-order valence-corrected chi connectivity index (χ4v) is 2.51. The molecule has 17 heavy (non-hydrogen) atoms. The summed E-state index contributed by atoms with van der Waals surface area (Å²) in [5.74, 6) is 0. The number of nitrogens with zero attached hydrogens (tertiary/aromatic N) is 2. The first-order valence-electron chi connectivity index (χ1n) is 5.33. The van der Waals surface area contributed by atoms with E-state index in [2.05, 4.69) is 45.0 Å². The molecule has 0 saturated heterocycles. The molecule has 3 aromatic heterocycles. The molecule has 3 aromatic rings. The second kappa shape index (κ2) is 4.14. The largest absolute Gasteiger partial charge is 0.285 e. The molecule has 0 spiro atoms. The van der Waals surface area contributed by atoms with Crippen LogP contribution >= 0.6 is 11.3 Å². The highest BCUT2D eigenvalue weighted by Crippen LogP contribution is 2.26. The number of H-pyrrole nitrogens is 1. The molecule has 0 bridgehead atoms. The Hall–Kier alpha value is -1.94. The molecule has 0 radical (unpaired) electrons. The molecule has 0 atom stereocenters. The molecule has 3 rings (SSSR count). The van der Waals surface area contributed by atoms with Crippen molar-refractivity contribution in [2.24, 2.45) is 0 Å². The zero-order chi connectivity index (χ0) is 11.7. The van der Waals surface area contributed by atoms with Crippen molar-refractivity contribution >= 4 is 11.3 Å². The van der Waals surface area contributed by atoms with E-state index in [4.69, 9.17) is 0 Å². The fourth-order valence-electron chi connectivity index (χ4n) is 1.84. The SMILES string of the molecule is Cc1cc(-c2ccsc2)cnc1-c1cn[nH]c1. The van der Waals surface area contributed by atoms with Gasteiger partial charge in [0.25, 0.3) is 0 Å². The number of pyridine rings is 1. The lowest BCUT2D eigenvalue weighted by Gasteiger charge is -2.04. The van der Waals surface area contributed by atoms with Gasteiger partial charge in [-0.15, -0.1) is 0 Å². The van der Waals surface area contributed by atoms with Crippen LogP contribution < -0.4 is 0 Å². The van der Waals surface area contributed by atoms with Crippen LogP contribution in [0.2, 0.25) is 0 Å². The zero-order valence-electron chi connectivity index (χ0n) is 9.34. The van der Waals surface area contributed by atoms with Crippen LogP contribution in [0.4, 0.5) is 0 Å². The van der Waals surface area contributed by atoms with Crippen LogP contribution in [-0.2, 0) is 0 Å². The predicted molar refractivity (Wildman–Crippen MR) is 69.9 cm³/mol. The molecule has 0 amide bonds. The van der Waals surface area contributed by atoms with Crippen LogP contribution in [0.3, 0.4) is 0 Å². The van der Waals surface area contributed by atoms with Crippen LogP contribution in [0.1, 0.15) is 5.56 Å². The van der Waals surface area contributed by atoms with Crippen LogP contribution in [0, 0.1) is 6.92 Å². The number of hydrogen-bond acceptors (Lipinski definition) is 3. The van der Waals surface area contributed by atoms with Gasteiger partial charge in [0.2, 0.25) is 0 Å². The minimum Gasteiger partial charge on any atom is -0.285 e. The molecule has 0 aliphatic carbocycles. The topological polar surface area (TPSA) is 41.6 Å². The maximum Gasteiger partial charge on any atom is 0.0763 e. The molecular weight excluding hydrogens is 230 g/mol. The monoisotopic (exact) mass is 241 g/mol. The molecule has 84 valence electrons. The Bertz CT molecular complexity index is 612. The second-order valence-electron chi connectivity index (χ2n) is 3.89. The van der Waals surface area contributed by atoms with Gasteiger partial charge in [-0.3, -0.25) is 10.1 Å². The van der Waals surface area contributed by atoms with Gasteiger partial charge in [-0.05, 0) is 40.9 Å². The molecule has 3 heterocycles. The normalized spacial score (nSPS) is 10.6. The zero-order valence-corrected chi connectivity index (χ0v) is 10.2. The smallest absolute Gasteiger partial charge is 0.0763 e. The van der Waals surface area contributed by atoms with Crippen molar-refractivity contribution in [1.29, 1.82) is 0 Å². The number of aromatic amines is 1. The van der Waals surface area contributed by atoms with E-state index in [-0.39, 0.29) is 0 Å². The maximum atomic E-state index is 4.52. The second-order valence-corrected chi connectivity index (χ2v) is 4.67. The number of rotatable bonds is 2. The summed E-state index contributed by atoms with van der Waals surface area (Å²) < 4.78 is 0. The first kappa shape index (κ1) is 10.2. The Morgan fingerprint density at radius 2 is 2.12 bits per heavy atom. The summed E-state index contributed by atoms with van der Waals surface area (Å²) in [6.07, 6.45) is 5.57. The summed E-state index contributed by atoms with van der Waals surface area (Å²) in [5, 5.41) is 11.0. The molecule has 1 N–H and O–H groups in total. The van der Waals surface area contributed by atoms with Gasteiger partial charge in [0, 0.05) is 23.5 Å². The summed E-state index contributed by atoms with van der Waals surface area (Å²) in [4.78, 5) is 4.52. The van der Waals surface area contributed by atoms with E-state index in [1.807, 2.05) is 12.4 Å². The highest BCUT2D eigenvalue weighted by atomic mass is 32.1. The summed E-state index contributed by atoms with van der Waals surface area (Å²) in [5.41, 5.74) is 5.56. The highest BCUT2D eigenvalue weighted by molar-refractivity contribution is 7.08. The van der Waals surface area contributed by atoms with Crippen molar-refractivity contribution in [1.82, 2.24) is 15.2 Å². The molecule has 0 unspecified atom stereocenters. The van der Waals surface area contributed by atoms with E-state index in [1.165, 1.54) is 5.56 Å². The first-order valence-corrected chi connectivity index (χ1v) is 6.27. The molecule has 0 aliphatic rings. The molecule has 0 saturated carbocycles. The van der Waals surface area contributed by atoms with E-state index in [0.29, 0.717) is 0 Å². The van der Waals surface area contributed by atoms with Crippen LogP contribution in [0.5, 0.6) is 0 Å². The fraction of sp³-hybridized carbons (Fsp3) is 0.0769. The van der Waals surface area contributed by atoms with Gasteiger partial charge in [-0.25, -0.2) is 0 Å². The molecule has 3 nitrogen and oxygen atoms in total. The Kier molecular flexibility index (Phi) is 2.49. The third-order valence-electron chi connectivity index (χ3n) is 2.70. The van der Waals surface area contributed by atoms with E-state index >= 15 is 0 Å². The quantitative estimate of drug-likeness (QED) is 0.746. The van der Waals surface area contributed by atoms with Gasteiger partial charge in [-0.2, -0.15) is 16.4 Å². The van der Waals surface area contributed by atoms with Crippen molar-refractivity contribution in [3.05, 3.63) is 47.0 Å². The minimum atomic E-state index is 0.984. The van der Waals surface area contributed by atoms with E-state index in [9.17, 15) is 0 Å². The van der Waals surface area contributed by atoms with E-state index in [0.717, 1.165) is 22.4 Å². The van der Waals surface area contributed by atoms with Crippen LogP contribution in [-0.4, -0.2) is 15.2 Å². The van der Waals surface area contributed by atoms with Crippen molar-refractivity contribution < 1.29 is 0 Å². The lowest BCUT2D eigenvalue weighted by molar-refractivity contribution is 1.09. The third-order valence-corrected chi connectivity index (χ3v) is 3.39. The Labute approximate surface area is 103 Å². The molecule has 0 aliphatic heterocycles. The van der Waals surface area contributed by atoms with Gasteiger partial charge >= 0.3 is 0 Å². The predicted octanol–water partition coefficient (Wildman–Crippen LogP) is 3.51. The number of aryl methyl sites for hydroxylation is 1. The number of thiophene rings is 1. The number of aromatic nitrogens is 3. The van der Waals surface area contributed by atoms with Crippen molar-refractivity contribution in [2.75, 3.05) is 0 Å². The summed E-state index contributed by atoms with van der Waals surface area (Å²) in [6, 6.07) is 4.27.